The molecule has 224 valence electrons. The SMILES string of the molecule is N=C(/N=c1/nc(-c2ccccc2)c2ccccc2[nH]1)c1ccccc1-n1c2cccc3c2c2c4c(cccc4ccc21)-c1ccccc1-3. The number of aromatic nitrogens is 3. The van der Waals surface area contributed by atoms with Gasteiger partial charge in [-0.1, -0.05) is 121 Å². The number of aromatic amines is 1. The normalized spacial score (nSPS) is 12.4. The molecule has 0 amide bonds. The number of nitrogens with zero attached hydrogens (tertiary/aromatic N) is 3. The second-order valence-corrected chi connectivity index (χ2v) is 12.2. The summed E-state index contributed by atoms with van der Waals surface area (Å²) in [4.78, 5) is 13.1. The molecule has 0 unspecified atom stereocenters. The summed E-state index contributed by atoms with van der Waals surface area (Å²) in [7, 11) is 0. The standard InChI is InChI=1S/C43H27N5/c44-42(47-43-45-34-21-8-6-17-32(34)41(46-43)27-12-2-1-3-13-27)33-18-7-9-22-35(33)48-36-23-11-20-31-29-16-5-4-15-28(29)30-19-10-14-26-24-25-37(48)40(38(26)30)39(31)36/h1-25H,(H2,44,45,46,47). The number of para-hydroxylation sites is 2. The molecule has 1 aliphatic carbocycles. The van der Waals surface area contributed by atoms with E-state index in [1.807, 2.05) is 54.6 Å². The van der Waals surface area contributed by atoms with E-state index in [4.69, 9.17) is 9.98 Å². The molecular formula is C43H27N5. The molecule has 5 heteroatoms. The first kappa shape index (κ1) is 26.6. The maximum absolute atomic E-state index is 9.39. The van der Waals surface area contributed by atoms with E-state index in [9.17, 15) is 5.41 Å². The van der Waals surface area contributed by atoms with Gasteiger partial charge >= 0.3 is 0 Å². The minimum absolute atomic E-state index is 0.133. The molecule has 0 aliphatic heterocycles. The number of nitrogens with one attached hydrogen (secondary N) is 2. The van der Waals surface area contributed by atoms with Crippen LogP contribution in [0.4, 0.5) is 0 Å². The van der Waals surface area contributed by atoms with Gasteiger partial charge in [0, 0.05) is 27.3 Å². The predicted molar refractivity (Wildman–Crippen MR) is 197 cm³/mol. The van der Waals surface area contributed by atoms with Gasteiger partial charge in [-0.25, -0.2) is 4.98 Å². The topological polar surface area (TPSA) is 69.8 Å². The predicted octanol–water partition coefficient (Wildman–Crippen LogP) is 10.1. The van der Waals surface area contributed by atoms with Crippen LogP contribution in [0, 0.1) is 5.41 Å². The van der Waals surface area contributed by atoms with Crippen LogP contribution in [0.5, 0.6) is 0 Å². The molecule has 2 heterocycles. The fraction of sp³-hybridized carbons (Fsp3) is 0. The highest BCUT2D eigenvalue weighted by atomic mass is 15.0. The Labute approximate surface area is 275 Å². The first-order valence-electron chi connectivity index (χ1n) is 16.1. The quantitative estimate of drug-likeness (QED) is 0.151. The second-order valence-electron chi connectivity index (χ2n) is 12.2. The van der Waals surface area contributed by atoms with Gasteiger partial charge in [-0.2, -0.15) is 4.99 Å². The molecule has 2 aromatic heterocycles. The molecule has 0 saturated carbocycles. The first-order chi connectivity index (χ1) is 23.7. The van der Waals surface area contributed by atoms with E-state index in [-0.39, 0.29) is 5.84 Å². The van der Waals surface area contributed by atoms with E-state index in [2.05, 4.69) is 107 Å². The van der Waals surface area contributed by atoms with E-state index < -0.39 is 0 Å². The van der Waals surface area contributed by atoms with Gasteiger partial charge in [0.2, 0.25) is 5.62 Å². The van der Waals surface area contributed by atoms with Crippen LogP contribution in [0.25, 0.3) is 82.7 Å². The molecule has 10 rings (SSSR count). The summed E-state index contributed by atoms with van der Waals surface area (Å²) in [6.45, 7) is 0. The third kappa shape index (κ3) is 3.82. The first-order valence-corrected chi connectivity index (χ1v) is 16.1. The van der Waals surface area contributed by atoms with Crippen molar-refractivity contribution >= 4 is 49.3 Å². The van der Waals surface area contributed by atoms with Crippen molar-refractivity contribution in [2.24, 2.45) is 4.99 Å². The molecule has 7 aromatic carbocycles. The van der Waals surface area contributed by atoms with Crippen LogP contribution in [-0.2, 0) is 0 Å². The van der Waals surface area contributed by atoms with E-state index in [0.29, 0.717) is 5.62 Å². The number of benzene rings is 7. The van der Waals surface area contributed by atoms with Gasteiger partial charge in [-0.15, -0.1) is 0 Å². The number of amidine groups is 1. The molecule has 5 nitrogen and oxygen atoms in total. The van der Waals surface area contributed by atoms with Crippen LogP contribution in [0.2, 0.25) is 0 Å². The monoisotopic (exact) mass is 613 g/mol. The van der Waals surface area contributed by atoms with E-state index >= 15 is 0 Å². The lowest BCUT2D eigenvalue weighted by atomic mass is 9.93. The molecule has 0 saturated heterocycles. The van der Waals surface area contributed by atoms with Crippen molar-refractivity contribution in [3.05, 3.63) is 163 Å². The summed E-state index contributed by atoms with van der Waals surface area (Å²) in [6, 6.07) is 52.7. The van der Waals surface area contributed by atoms with Crippen molar-refractivity contribution in [2.75, 3.05) is 0 Å². The van der Waals surface area contributed by atoms with Crippen molar-refractivity contribution in [3.63, 3.8) is 0 Å². The highest BCUT2D eigenvalue weighted by Crippen LogP contribution is 2.49. The van der Waals surface area contributed by atoms with Crippen LogP contribution in [0.3, 0.4) is 0 Å². The maximum Gasteiger partial charge on any atom is 0.229 e. The average Bonchev–Trinajstić information content (AvgIpc) is 3.42. The van der Waals surface area contributed by atoms with E-state index in [0.717, 1.165) is 44.4 Å². The molecule has 1 aliphatic rings. The maximum atomic E-state index is 9.39. The van der Waals surface area contributed by atoms with Crippen molar-refractivity contribution in [3.8, 4) is 39.2 Å². The van der Waals surface area contributed by atoms with Gasteiger partial charge in [0.15, 0.2) is 5.84 Å². The summed E-state index contributed by atoms with van der Waals surface area (Å²) in [6.07, 6.45) is 0. The molecule has 0 atom stereocenters. The molecule has 0 fully saturated rings. The minimum atomic E-state index is 0.133. The highest BCUT2D eigenvalue weighted by Gasteiger charge is 2.25. The minimum Gasteiger partial charge on any atom is -0.323 e. The Morgan fingerprint density at radius 2 is 1.23 bits per heavy atom. The van der Waals surface area contributed by atoms with Gasteiger partial charge in [-0.3, -0.25) is 5.41 Å². The molecule has 0 radical (unpaired) electrons. The van der Waals surface area contributed by atoms with Crippen LogP contribution < -0.4 is 5.62 Å². The zero-order valence-electron chi connectivity index (χ0n) is 25.8. The van der Waals surface area contributed by atoms with Crippen LogP contribution in [0.1, 0.15) is 5.56 Å². The zero-order valence-corrected chi connectivity index (χ0v) is 25.8. The van der Waals surface area contributed by atoms with Crippen LogP contribution in [0.15, 0.2) is 157 Å². The fourth-order valence-corrected chi connectivity index (χ4v) is 7.61. The summed E-state index contributed by atoms with van der Waals surface area (Å²) in [5, 5.41) is 15.3. The Balaban J connectivity index is 1.23. The Hall–Kier alpha value is -6.59. The number of fused-ring (bicyclic) bond motifs is 4. The number of rotatable bonds is 3. The Kier molecular flexibility index (Phi) is 5.66. The molecule has 9 aromatic rings. The van der Waals surface area contributed by atoms with Gasteiger partial charge in [0.25, 0.3) is 0 Å². The van der Waals surface area contributed by atoms with Gasteiger partial charge in [0.1, 0.15) is 0 Å². The summed E-state index contributed by atoms with van der Waals surface area (Å²) in [5.74, 6) is 0.133. The van der Waals surface area contributed by atoms with Crippen molar-refractivity contribution in [1.82, 2.24) is 14.5 Å². The Morgan fingerprint density at radius 3 is 2.08 bits per heavy atom. The summed E-state index contributed by atoms with van der Waals surface area (Å²) < 4.78 is 2.31. The van der Waals surface area contributed by atoms with Gasteiger partial charge in [-0.05, 0) is 63.4 Å². The second kappa shape index (κ2) is 10.2. The third-order valence-electron chi connectivity index (χ3n) is 9.62. The fourth-order valence-electron chi connectivity index (χ4n) is 7.61. The van der Waals surface area contributed by atoms with Crippen LogP contribution in [-0.4, -0.2) is 20.4 Å². The molecule has 0 bridgehead atoms. The number of hydrogen-bond donors (Lipinski definition) is 2. The number of hydrogen-bond acceptors (Lipinski definition) is 2. The van der Waals surface area contributed by atoms with Crippen molar-refractivity contribution in [1.29, 1.82) is 5.41 Å². The largest absolute Gasteiger partial charge is 0.323 e. The van der Waals surface area contributed by atoms with E-state index in [1.165, 1.54) is 43.8 Å². The van der Waals surface area contributed by atoms with E-state index in [1.54, 1.807) is 0 Å². The molecule has 48 heavy (non-hydrogen) atoms. The molecule has 2 N–H and O–H groups in total. The van der Waals surface area contributed by atoms with Gasteiger partial charge in [0.05, 0.1) is 27.9 Å². The average molecular weight is 614 g/mol. The van der Waals surface area contributed by atoms with Crippen LogP contribution >= 0.6 is 0 Å². The Morgan fingerprint density at radius 1 is 0.562 bits per heavy atom. The molecule has 0 spiro atoms. The van der Waals surface area contributed by atoms with Crippen molar-refractivity contribution < 1.29 is 0 Å². The van der Waals surface area contributed by atoms with Gasteiger partial charge < -0.3 is 9.55 Å². The highest BCUT2D eigenvalue weighted by molar-refractivity contribution is 6.30. The summed E-state index contributed by atoms with van der Waals surface area (Å²) >= 11 is 0. The Bertz CT molecular complexity index is 2860. The van der Waals surface area contributed by atoms with Crippen molar-refractivity contribution in [2.45, 2.75) is 0 Å². The lowest BCUT2D eigenvalue weighted by Gasteiger charge is -2.15. The smallest absolute Gasteiger partial charge is 0.229 e. The molecular weight excluding hydrogens is 587 g/mol. The summed E-state index contributed by atoms with van der Waals surface area (Å²) in [5.41, 5.74) is 11.9. The lowest BCUT2D eigenvalue weighted by Crippen LogP contribution is -2.17. The lowest BCUT2D eigenvalue weighted by molar-refractivity contribution is 1.05. The third-order valence-corrected chi connectivity index (χ3v) is 9.62. The number of H-pyrrole nitrogens is 1. The zero-order chi connectivity index (χ0) is 31.8.